The van der Waals surface area contributed by atoms with E-state index in [4.69, 9.17) is 27.8 Å². The Morgan fingerprint density at radius 2 is 1.69 bits per heavy atom. The normalized spacial score (nSPS) is 17.9. The molecule has 0 radical (unpaired) electrons. The number of nitrogens with zero attached hydrogens (tertiary/aromatic N) is 4. The van der Waals surface area contributed by atoms with Crippen LogP contribution < -0.4 is 16.0 Å². The molecule has 0 aliphatic carbocycles. The molecule has 0 spiro atoms. The number of aromatic hydroxyl groups is 1. The van der Waals surface area contributed by atoms with Crippen molar-refractivity contribution in [2.24, 2.45) is 0 Å². The molecule has 324 valence electrons. The van der Waals surface area contributed by atoms with Crippen LogP contribution in [0, 0.1) is 0 Å². The van der Waals surface area contributed by atoms with Crippen molar-refractivity contribution in [3.63, 3.8) is 0 Å². The van der Waals surface area contributed by atoms with Gasteiger partial charge in [0.05, 0.1) is 32.6 Å². The highest BCUT2D eigenvalue weighted by molar-refractivity contribution is 7.48. The summed E-state index contributed by atoms with van der Waals surface area (Å²) in [6, 6.07) is 11.5. The van der Waals surface area contributed by atoms with Crippen LogP contribution in [-0.2, 0) is 64.4 Å². The van der Waals surface area contributed by atoms with Crippen LogP contribution in [0.1, 0.15) is 30.7 Å². The second-order valence-electron chi connectivity index (χ2n) is 13.2. The summed E-state index contributed by atoms with van der Waals surface area (Å²) in [5.74, 6) is -3.37. The zero-order valence-electron chi connectivity index (χ0n) is 32.8. The molecule has 1 unspecified atom stereocenters. The lowest BCUT2D eigenvalue weighted by Crippen LogP contribution is -2.54. The van der Waals surface area contributed by atoms with Gasteiger partial charge in [0.15, 0.2) is 17.0 Å². The van der Waals surface area contributed by atoms with Gasteiger partial charge in [-0.15, -0.1) is 6.58 Å². The summed E-state index contributed by atoms with van der Waals surface area (Å²) in [6.45, 7) is 6.10. The number of rotatable bonds is 22. The zero-order chi connectivity index (χ0) is 43.9. The van der Waals surface area contributed by atoms with E-state index in [0.29, 0.717) is 5.56 Å². The number of ether oxygens (including phenoxy) is 3. The van der Waals surface area contributed by atoms with Crippen LogP contribution in [0.4, 0.5) is 10.6 Å². The van der Waals surface area contributed by atoms with Crippen molar-refractivity contribution in [1.29, 1.82) is 0 Å². The number of phenols is 1. The van der Waals surface area contributed by atoms with Gasteiger partial charge in [0.1, 0.15) is 49.2 Å². The number of anilines is 1. The number of nitrogens with one attached hydrogen (secondary N) is 3. The Bertz CT molecular complexity index is 2240. The number of aromatic nitrogens is 4. The van der Waals surface area contributed by atoms with Crippen LogP contribution >= 0.6 is 7.82 Å². The molecule has 22 heteroatoms. The summed E-state index contributed by atoms with van der Waals surface area (Å²) in [5, 5.41) is 26.7. The van der Waals surface area contributed by atoms with E-state index < -0.39 is 75.5 Å². The second-order valence-corrected chi connectivity index (χ2v) is 14.9. The van der Waals surface area contributed by atoms with Crippen molar-refractivity contribution in [2.75, 3.05) is 31.7 Å². The van der Waals surface area contributed by atoms with E-state index in [2.05, 4.69) is 44.1 Å². The topological polar surface area (TPSA) is 278 Å². The van der Waals surface area contributed by atoms with Crippen LogP contribution in [-0.4, -0.2) is 110 Å². The van der Waals surface area contributed by atoms with Crippen molar-refractivity contribution in [3.05, 3.63) is 104 Å². The molecule has 21 nitrogen and oxygen atoms in total. The first-order chi connectivity index (χ1) is 29.3. The first-order valence-electron chi connectivity index (χ1n) is 18.6. The molecule has 1 aliphatic rings. The lowest BCUT2D eigenvalue weighted by molar-refractivity contribution is -0.150. The SMILES string of the molecule is C=CCOC(=O)N[C@@H](COP(=O)(OCC=C)OC[C@H]1O[C@@H](n2cnc3c(NC(=O)Cc4ccccc4)ncnc32)C[C@@H]1OC(C)=O)C(=O)N[C@@H](Cc1ccc(O)cc1)C(=O)O. The van der Waals surface area contributed by atoms with E-state index in [9.17, 15) is 38.8 Å². The molecular weight excluding hydrogens is 821 g/mol. The average Bonchev–Trinajstić information content (AvgIpc) is 3.85. The molecule has 2 aromatic carbocycles. The smallest absolute Gasteiger partial charge is 0.475 e. The van der Waals surface area contributed by atoms with Gasteiger partial charge in [0.2, 0.25) is 11.8 Å². The number of phenolic OH excluding ortho intramolecular Hbond substituents is 1. The Hall–Kier alpha value is -6.51. The maximum absolute atomic E-state index is 14.0. The number of phosphoric acid groups is 1. The van der Waals surface area contributed by atoms with Gasteiger partial charge in [0, 0.05) is 19.8 Å². The van der Waals surface area contributed by atoms with Gasteiger partial charge in [-0.05, 0) is 23.3 Å². The molecule has 1 aliphatic heterocycles. The van der Waals surface area contributed by atoms with Crippen molar-refractivity contribution in [2.45, 2.75) is 56.7 Å². The predicted molar refractivity (Wildman–Crippen MR) is 214 cm³/mol. The second kappa shape index (κ2) is 21.7. The number of carbonyl (C=O) groups excluding carboxylic acids is 4. The van der Waals surface area contributed by atoms with Crippen molar-refractivity contribution >= 4 is 54.7 Å². The fourth-order valence-corrected chi connectivity index (χ4v) is 7.07. The van der Waals surface area contributed by atoms with Gasteiger partial charge in [-0.3, -0.25) is 32.5 Å². The van der Waals surface area contributed by atoms with E-state index in [1.54, 1.807) is 0 Å². The van der Waals surface area contributed by atoms with E-state index >= 15 is 0 Å². The van der Waals surface area contributed by atoms with Crippen molar-refractivity contribution in [1.82, 2.24) is 30.2 Å². The number of amides is 3. The highest BCUT2D eigenvalue weighted by atomic mass is 31.2. The summed E-state index contributed by atoms with van der Waals surface area (Å²) < 4.78 is 48.7. The van der Waals surface area contributed by atoms with E-state index in [1.807, 2.05) is 30.3 Å². The fraction of sp³-hybridized carbons (Fsp3) is 0.333. The number of alkyl carbamates (subject to hydrolysis) is 1. The third-order valence-corrected chi connectivity index (χ3v) is 10.1. The number of hydrogen-bond donors (Lipinski definition) is 5. The molecule has 6 atom stereocenters. The Labute approximate surface area is 348 Å². The van der Waals surface area contributed by atoms with Gasteiger partial charge in [-0.25, -0.2) is 29.1 Å². The van der Waals surface area contributed by atoms with Crippen LogP contribution in [0.3, 0.4) is 0 Å². The minimum Gasteiger partial charge on any atom is -0.508 e. The molecule has 1 fully saturated rings. The molecular formula is C39H44N7O14P. The maximum Gasteiger partial charge on any atom is 0.475 e. The Morgan fingerprint density at radius 3 is 2.38 bits per heavy atom. The fourth-order valence-electron chi connectivity index (χ4n) is 5.90. The maximum atomic E-state index is 14.0. The monoisotopic (exact) mass is 865 g/mol. The van der Waals surface area contributed by atoms with Gasteiger partial charge in [0.25, 0.3) is 0 Å². The largest absolute Gasteiger partial charge is 0.508 e. The first kappa shape index (κ1) is 45.6. The summed E-state index contributed by atoms with van der Waals surface area (Å²) in [6.07, 6.45) is 1.02. The number of fused-ring (bicyclic) bond motifs is 1. The Kier molecular flexibility index (Phi) is 16.2. The highest BCUT2D eigenvalue weighted by Gasteiger charge is 2.42. The average molecular weight is 866 g/mol. The molecule has 5 N–H and O–H groups in total. The molecule has 0 saturated carbocycles. The molecule has 4 aromatic rings. The minimum absolute atomic E-state index is 0.0469. The first-order valence-corrected chi connectivity index (χ1v) is 20.1. The van der Waals surface area contributed by atoms with E-state index in [1.165, 1.54) is 60.6 Å². The number of carboxylic acids is 1. The Morgan fingerprint density at radius 1 is 0.951 bits per heavy atom. The molecule has 2 aromatic heterocycles. The number of phosphoric ester groups is 1. The molecule has 0 bridgehead atoms. The van der Waals surface area contributed by atoms with E-state index in [0.717, 1.165) is 5.56 Å². The van der Waals surface area contributed by atoms with Gasteiger partial charge in [-0.2, -0.15) is 0 Å². The summed E-state index contributed by atoms with van der Waals surface area (Å²) in [5.41, 5.74) is 1.78. The number of carboxylic acid groups (broad SMARTS) is 1. The van der Waals surface area contributed by atoms with Crippen LogP contribution in [0.15, 0.2) is 92.6 Å². The quantitative estimate of drug-likeness (QED) is 0.0430. The lowest BCUT2D eigenvalue weighted by atomic mass is 10.1. The van der Waals surface area contributed by atoms with Crippen LogP contribution in [0.2, 0.25) is 0 Å². The number of imidazole rings is 1. The highest BCUT2D eigenvalue weighted by Crippen LogP contribution is 2.50. The number of hydrogen-bond acceptors (Lipinski definition) is 16. The predicted octanol–water partition coefficient (Wildman–Crippen LogP) is 3.37. The van der Waals surface area contributed by atoms with Crippen LogP contribution in [0.5, 0.6) is 5.75 Å². The Balaban J connectivity index is 1.29. The number of carbonyl (C=O) groups is 5. The molecule has 1 saturated heterocycles. The summed E-state index contributed by atoms with van der Waals surface area (Å²) >= 11 is 0. The summed E-state index contributed by atoms with van der Waals surface area (Å²) in [7, 11) is -4.68. The molecule has 3 heterocycles. The summed E-state index contributed by atoms with van der Waals surface area (Å²) in [4.78, 5) is 76.0. The zero-order valence-corrected chi connectivity index (χ0v) is 33.7. The minimum atomic E-state index is -4.68. The molecule has 3 amide bonds. The number of benzene rings is 2. The third kappa shape index (κ3) is 13.2. The van der Waals surface area contributed by atoms with Crippen LogP contribution in [0.25, 0.3) is 11.2 Å². The molecule has 5 rings (SSSR count). The molecule has 61 heavy (non-hydrogen) atoms. The number of esters is 1. The van der Waals surface area contributed by atoms with Crippen molar-refractivity contribution in [3.8, 4) is 5.75 Å². The lowest BCUT2D eigenvalue weighted by Gasteiger charge is -2.25. The number of aliphatic carboxylic acids is 1. The third-order valence-electron chi connectivity index (χ3n) is 8.71. The van der Waals surface area contributed by atoms with E-state index in [-0.39, 0.29) is 61.1 Å². The van der Waals surface area contributed by atoms with Crippen molar-refractivity contribution < 1.29 is 66.5 Å². The van der Waals surface area contributed by atoms with Gasteiger partial charge < -0.3 is 40.4 Å². The standard InChI is InChI=1S/C39H44N7O14P/c1-4-15-55-39(53)44-29(37(50)43-28(38(51)52)17-26-11-13-27(48)14-12-26)20-57-61(54,56-16-5-2)58-21-31-30(59-24(3)47)19-33(60-31)46-23-42-34-35(40-22-41-36(34)46)45-32(49)18-25-9-7-6-8-10-25/h4-14,22-23,28-31,33,48H,1-2,15-21H2,3H3,(H,43,50)(H,44,53)(H,51,52)(H,40,41,45,49)/t28-,29-,30-,31+,33+,61?/m0/s1. The van der Waals surface area contributed by atoms with Gasteiger partial charge >= 0.3 is 25.9 Å². The van der Waals surface area contributed by atoms with Gasteiger partial charge in [-0.1, -0.05) is 61.2 Å².